The number of rotatable bonds is 6. The molecule has 0 radical (unpaired) electrons. The van der Waals surface area contributed by atoms with E-state index in [4.69, 9.17) is 10.5 Å². The van der Waals surface area contributed by atoms with E-state index >= 15 is 0 Å². The minimum atomic E-state index is -0.172. The number of carbonyl (C=O) groups is 1. The van der Waals surface area contributed by atoms with Crippen molar-refractivity contribution in [3.8, 4) is 0 Å². The first-order valence-corrected chi connectivity index (χ1v) is 7.07. The van der Waals surface area contributed by atoms with Gasteiger partial charge in [-0.3, -0.25) is 4.79 Å². The number of carbonyl (C=O) groups excluding carboxylic acids is 1. The first-order valence-electron chi connectivity index (χ1n) is 6.19. The summed E-state index contributed by atoms with van der Waals surface area (Å²) in [6.45, 7) is 4.08. The Kier molecular flexibility index (Phi) is 6.05. The maximum absolute atomic E-state index is 11.7. The van der Waals surface area contributed by atoms with Gasteiger partial charge in [-0.1, -0.05) is 31.9 Å². The molecule has 100 valence electrons. The number of nitrogens with two attached hydrogens (primary N) is 1. The van der Waals surface area contributed by atoms with Crippen LogP contribution in [0.15, 0.2) is 23.1 Å². The van der Waals surface area contributed by atoms with E-state index in [2.05, 4.69) is 6.92 Å². The number of hydrogen-bond acceptors (Lipinski definition) is 4. The smallest absolute Gasteiger partial charge is 0.319 e. The van der Waals surface area contributed by atoms with Gasteiger partial charge in [-0.2, -0.15) is 0 Å². The molecule has 0 spiro atoms. The predicted octanol–water partition coefficient (Wildman–Crippen LogP) is 3.40. The second-order valence-corrected chi connectivity index (χ2v) is 5.50. The van der Waals surface area contributed by atoms with Gasteiger partial charge in [0, 0.05) is 10.6 Å². The van der Waals surface area contributed by atoms with Crippen LogP contribution in [0.25, 0.3) is 0 Å². The van der Waals surface area contributed by atoms with Gasteiger partial charge in [-0.25, -0.2) is 0 Å². The number of benzene rings is 1. The number of aryl methyl sites for hydroxylation is 1. The predicted molar refractivity (Wildman–Crippen MR) is 76.8 cm³/mol. The van der Waals surface area contributed by atoms with Crippen molar-refractivity contribution in [1.82, 2.24) is 0 Å². The van der Waals surface area contributed by atoms with Crippen molar-refractivity contribution in [2.24, 2.45) is 0 Å². The van der Waals surface area contributed by atoms with Gasteiger partial charge in [-0.15, -0.1) is 11.8 Å². The van der Waals surface area contributed by atoms with Crippen molar-refractivity contribution in [3.05, 3.63) is 23.8 Å². The number of ether oxygens (including phenoxy) is 1. The molecule has 0 aliphatic heterocycles. The fraction of sp³-hybridized carbons (Fsp3) is 0.500. The van der Waals surface area contributed by atoms with Crippen molar-refractivity contribution < 1.29 is 9.53 Å². The summed E-state index contributed by atoms with van der Waals surface area (Å²) in [5.74, 6) is -0.172. The van der Waals surface area contributed by atoms with E-state index < -0.39 is 0 Å². The molecule has 1 atom stereocenters. The first kappa shape index (κ1) is 14.9. The van der Waals surface area contributed by atoms with Gasteiger partial charge in [-0.05, 0) is 25.0 Å². The van der Waals surface area contributed by atoms with Crippen LogP contribution >= 0.6 is 11.8 Å². The molecule has 2 N–H and O–H groups in total. The molecule has 0 amide bonds. The van der Waals surface area contributed by atoms with Crippen LogP contribution in [-0.2, 0) is 9.53 Å². The van der Waals surface area contributed by atoms with E-state index in [0.717, 1.165) is 35.4 Å². The number of anilines is 1. The maximum Gasteiger partial charge on any atom is 0.319 e. The van der Waals surface area contributed by atoms with Gasteiger partial charge >= 0.3 is 5.97 Å². The molecule has 0 saturated heterocycles. The van der Waals surface area contributed by atoms with E-state index in [9.17, 15) is 4.79 Å². The summed E-state index contributed by atoms with van der Waals surface area (Å²) in [7, 11) is 1.43. The van der Waals surface area contributed by atoms with Gasteiger partial charge in [0.05, 0.1) is 7.11 Å². The van der Waals surface area contributed by atoms with E-state index in [1.807, 2.05) is 25.1 Å². The van der Waals surface area contributed by atoms with Crippen molar-refractivity contribution >= 4 is 23.4 Å². The normalized spacial score (nSPS) is 12.2. The molecule has 4 heteroatoms. The van der Waals surface area contributed by atoms with Gasteiger partial charge in [0.25, 0.3) is 0 Å². The van der Waals surface area contributed by atoms with Crippen LogP contribution < -0.4 is 5.73 Å². The Morgan fingerprint density at radius 2 is 2.22 bits per heavy atom. The molecule has 1 unspecified atom stereocenters. The summed E-state index contributed by atoms with van der Waals surface area (Å²) in [5.41, 5.74) is 7.83. The summed E-state index contributed by atoms with van der Waals surface area (Å²) in [6.07, 6.45) is 2.90. The third-order valence-corrected chi connectivity index (χ3v) is 4.16. The lowest BCUT2D eigenvalue weighted by Crippen LogP contribution is -2.19. The van der Waals surface area contributed by atoms with Gasteiger partial charge in [0.2, 0.25) is 0 Å². The average Bonchev–Trinajstić information content (AvgIpc) is 2.38. The lowest BCUT2D eigenvalue weighted by molar-refractivity contribution is -0.140. The summed E-state index contributed by atoms with van der Waals surface area (Å²) in [4.78, 5) is 12.7. The number of hydrogen-bond donors (Lipinski definition) is 1. The highest BCUT2D eigenvalue weighted by molar-refractivity contribution is 8.00. The molecule has 0 fully saturated rings. The highest BCUT2D eigenvalue weighted by Crippen LogP contribution is 2.33. The molecule has 0 saturated carbocycles. The number of esters is 1. The molecular formula is C14H21NO2S. The van der Waals surface area contributed by atoms with Crippen molar-refractivity contribution in [3.63, 3.8) is 0 Å². The lowest BCUT2D eigenvalue weighted by atomic mass is 10.2. The van der Waals surface area contributed by atoms with Crippen LogP contribution in [0.2, 0.25) is 0 Å². The standard InChI is InChI=1S/C14H21NO2S/c1-4-5-8-12(14(16)17-3)18-11-9-6-7-10(2)13(11)15/h6-7,9,12H,4-5,8,15H2,1-3H3. The third-order valence-electron chi connectivity index (χ3n) is 2.84. The lowest BCUT2D eigenvalue weighted by Gasteiger charge is -2.15. The number of para-hydroxylation sites is 1. The van der Waals surface area contributed by atoms with Crippen LogP contribution in [0.4, 0.5) is 5.69 Å². The van der Waals surface area contributed by atoms with Gasteiger partial charge < -0.3 is 10.5 Å². The van der Waals surface area contributed by atoms with Crippen molar-refractivity contribution in [2.45, 2.75) is 43.3 Å². The Bertz CT molecular complexity index is 407. The largest absolute Gasteiger partial charge is 0.468 e. The van der Waals surface area contributed by atoms with Crippen LogP contribution in [0.3, 0.4) is 0 Å². The quantitative estimate of drug-likeness (QED) is 0.487. The topological polar surface area (TPSA) is 52.3 Å². The Labute approximate surface area is 113 Å². The zero-order valence-corrected chi connectivity index (χ0v) is 12.0. The summed E-state index contributed by atoms with van der Waals surface area (Å²) in [6, 6.07) is 5.88. The van der Waals surface area contributed by atoms with E-state index in [1.165, 1.54) is 18.9 Å². The zero-order valence-electron chi connectivity index (χ0n) is 11.2. The molecule has 1 rings (SSSR count). The van der Waals surface area contributed by atoms with Crippen molar-refractivity contribution in [2.75, 3.05) is 12.8 Å². The third kappa shape index (κ3) is 3.95. The first-order chi connectivity index (χ1) is 8.60. The maximum atomic E-state index is 11.7. The molecular weight excluding hydrogens is 246 g/mol. The minimum absolute atomic E-state index is 0.168. The fourth-order valence-electron chi connectivity index (χ4n) is 1.66. The number of nitrogen functional groups attached to an aromatic ring is 1. The monoisotopic (exact) mass is 267 g/mol. The second kappa shape index (κ2) is 7.31. The molecule has 0 aromatic heterocycles. The van der Waals surface area contributed by atoms with E-state index in [1.54, 1.807) is 0 Å². The molecule has 18 heavy (non-hydrogen) atoms. The Balaban J connectivity index is 2.81. The molecule has 0 aliphatic rings. The molecule has 3 nitrogen and oxygen atoms in total. The number of methoxy groups -OCH3 is 1. The molecule has 0 heterocycles. The van der Waals surface area contributed by atoms with Crippen LogP contribution in [0, 0.1) is 6.92 Å². The Hall–Kier alpha value is -1.16. The van der Waals surface area contributed by atoms with E-state index in [-0.39, 0.29) is 11.2 Å². The van der Waals surface area contributed by atoms with E-state index in [0.29, 0.717) is 0 Å². The highest BCUT2D eigenvalue weighted by atomic mass is 32.2. The summed E-state index contributed by atoms with van der Waals surface area (Å²) in [5, 5.41) is -0.168. The number of thioether (sulfide) groups is 1. The Morgan fingerprint density at radius 3 is 2.83 bits per heavy atom. The van der Waals surface area contributed by atoms with Gasteiger partial charge in [0.1, 0.15) is 5.25 Å². The SMILES string of the molecule is CCCCC(Sc1cccc(C)c1N)C(=O)OC. The fourth-order valence-corrected chi connectivity index (χ4v) is 2.88. The van der Waals surface area contributed by atoms with Crippen LogP contribution in [0.5, 0.6) is 0 Å². The summed E-state index contributed by atoms with van der Waals surface area (Å²) >= 11 is 1.50. The Morgan fingerprint density at radius 1 is 1.50 bits per heavy atom. The van der Waals surface area contributed by atoms with Gasteiger partial charge in [0.15, 0.2) is 0 Å². The second-order valence-electron chi connectivity index (χ2n) is 4.26. The molecule has 0 aliphatic carbocycles. The van der Waals surface area contributed by atoms with Crippen molar-refractivity contribution in [1.29, 1.82) is 0 Å². The zero-order chi connectivity index (χ0) is 13.5. The minimum Gasteiger partial charge on any atom is -0.468 e. The number of unbranched alkanes of at least 4 members (excludes halogenated alkanes) is 1. The molecule has 1 aromatic carbocycles. The van der Waals surface area contributed by atoms with Crippen LogP contribution in [0.1, 0.15) is 31.7 Å². The van der Waals surface area contributed by atoms with Crippen LogP contribution in [-0.4, -0.2) is 18.3 Å². The molecule has 1 aromatic rings. The average molecular weight is 267 g/mol. The summed E-state index contributed by atoms with van der Waals surface area (Å²) < 4.78 is 4.85. The molecule has 0 bridgehead atoms. The highest BCUT2D eigenvalue weighted by Gasteiger charge is 2.21.